The van der Waals surface area contributed by atoms with Gasteiger partial charge in [0.2, 0.25) is 5.91 Å². The van der Waals surface area contributed by atoms with E-state index in [0.717, 1.165) is 25.9 Å². The van der Waals surface area contributed by atoms with Crippen molar-refractivity contribution in [2.24, 2.45) is 5.41 Å². The molecule has 1 heterocycles. The Balaban J connectivity index is 2.04. The van der Waals surface area contributed by atoms with Gasteiger partial charge in [-0.25, -0.2) is 4.39 Å². The minimum Gasteiger partial charge on any atom is -0.349 e. The summed E-state index contributed by atoms with van der Waals surface area (Å²) in [7, 11) is 0. The van der Waals surface area contributed by atoms with Crippen LogP contribution in [0.5, 0.6) is 0 Å². The maximum atomic E-state index is 13.7. The number of amides is 1. The quantitative estimate of drug-likeness (QED) is 0.880. The molecule has 1 saturated heterocycles. The molecule has 4 heteroatoms. The summed E-state index contributed by atoms with van der Waals surface area (Å²) in [5, 5.41) is 6.19. The molecule has 0 aliphatic carbocycles. The van der Waals surface area contributed by atoms with Gasteiger partial charge in [0.15, 0.2) is 0 Å². The summed E-state index contributed by atoms with van der Waals surface area (Å²) in [6.07, 6.45) is 1.64. The monoisotopic (exact) mass is 264 g/mol. The minimum atomic E-state index is -0.342. The van der Waals surface area contributed by atoms with E-state index in [2.05, 4.69) is 10.6 Å². The molecule has 1 aromatic rings. The molecule has 1 atom stereocenters. The van der Waals surface area contributed by atoms with Gasteiger partial charge in [0, 0.05) is 11.0 Å². The van der Waals surface area contributed by atoms with Gasteiger partial charge in [-0.05, 0) is 38.9 Å². The van der Waals surface area contributed by atoms with Crippen molar-refractivity contribution < 1.29 is 9.18 Å². The molecule has 0 radical (unpaired) electrons. The lowest BCUT2D eigenvalue weighted by molar-refractivity contribution is -0.132. The van der Waals surface area contributed by atoms with Crippen molar-refractivity contribution in [1.29, 1.82) is 0 Å². The summed E-state index contributed by atoms with van der Waals surface area (Å²) in [6.45, 7) is 5.52. The normalized spacial score (nSPS) is 19.7. The molecule has 104 valence electrons. The lowest BCUT2D eigenvalue weighted by Crippen LogP contribution is -2.46. The predicted molar refractivity (Wildman–Crippen MR) is 73.2 cm³/mol. The Morgan fingerprint density at radius 3 is 2.63 bits per heavy atom. The first-order chi connectivity index (χ1) is 9.03. The third-order valence-electron chi connectivity index (χ3n) is 3.97. The Morgan fingerprint density at radius 2 is 2.00 bits per heavy atom. The van der Waals surface area contributed by atoms with E-state index in [0.29, 0.717) is 5.56 Å². The van der Waals surface area contributed by atoms with Gasteiger partial charge in [0.25, 0.3) is 0 Å². The highest BCUT2D eigenvalue weighted by molar-refractivity contribution is 5.82. The summed E-state index contributed by atoms with van der Waals surface area (Å²) in [5.74, 6) is -0.254. The molecular formula is C15H21FN2O. The number of piperidine rings is 1. The summed E-state index contributed by atoms with van der Waals surface area (Å²) in [4.78, 5) is 12.4. The highest BCUT2D eigenvalue weighted by Crippen LogP contribution is 2.29. The molecule has 2 rings (SSSR count). The maximum absolute atomic E-state index is 13.7. The number of nitrogens with one attached hydrogen (secondary N) is 2. The van der Waals surface area contributed by atoms with E-state index in [1.54, 1.807) is 18.2 Å². The van der Waals surface area contributed by atoms with E-state index in [1.807, 2.05) is 13.8 Å². The van der Waals surface area contributed by atoms with Crippen molar-refractivity contribution in [1.82, 2.24) is 10.6 Å². The predicted octanol–water partition coefficient (Wildman–Crippen LogP) is 2.39. The van der Waals surface area contributed by atoms with Crippen molar-refractivity contribution in [3.8, 4) is 0 Å². The van der Waals surface area contributed by atoms with Crippen LogP contribution in [0.15, 0.2) is 24.3 Å². The second-order valence-electron chi connectivity index (χ2n) is 5.53. The second kappa shape index (κ2) is 5.70. The van der Waals surface area contributed by atoms with E-state index in [-0.39, 0.29) is 23.2 Å². The number of benzene rings is 1. The minimum absolute atomic E-state index is 0.0183. The molecule has 1 aliphatic rings. The molecule has 0 aromatic heterocycles. The van der Waals surface area contributed by atoms with Gasteiger partial charge in [-0.1, -0.05) is 25.1 Å². The third kappa shape index (κ3) is 3.13. The van der Waals surface area contributed by atoms with Gasteiger partial charge in [-0.2, -0.15) is 0 Å². The number of hydrogen-bond acceptors (Lipinski definition) is 2. The molecule has 2 N–H and O–H groups in total. The van der Waals surface area contributed by atoms with Crippen molar-refractivity contribution in [3.63, 3.8) is 0 Å². The fraction of sp³-hybridized carbons (Fsp3) is 0.533. The summed E-state index contributed by atoms with van der Waals surface area (Å²) in [6, 6.07) is 6.27. The second-order valence-corrected chi connectivity index (χ2v) is 5.53. The molecule has 3 nitrogen and oxygen atoms in total. The first-order valence-corrected chi connectivity index (χ1v) is 6.79. The lowest BCUT2D eigenvalue weighted by atomic mass is 9.80. The van der Waals surface area contributed by atoms with Crippen molar-refractivity contribution >= 4 is 5.91 Å². The Bertz CT molecular complexity index is 455. The van der Waals surface area contributed by atoms with Crippen LogP contribution in [0.1, 0.15) is 38.3 Å². The number of hydrogen-bond donors (Lipinski definition) is 2. The SMILES string of the molecule is C[C@@H](NC(=O)C1(C)CCNCC1)c1ccccc1F. The van der Waals surface area contributed by atoms with E-state index < -0.39 is 0 Å². The van der Waals surface area contributed by atoms with Gasteiger partial charge in [-0.3, -0.25) is 4.79 Å². The molecule has 1 aliphatic heterocycles. The van der Waals surface area contributed by atoms with Crippen LogP contribution in [0, 0.1) is 11.2 Å². The van der Waals surface area contributed by atoms with E-state index in [9.17, 15) is 9.18 Å². The highest BCUT2D eigenvalue weighted by atomic mass is 19.1. The van der Waals surface area contributed by atoms with Crippen molar-refractivity contribution in [2.75, 3.05) is 13.1 Å². The first kappa shape index (κ1) is 14.0. The average Bonchev–Trinajstić information content (AvgIpc) is 2.40. The highest BCUT2D eigenvalue weighted by Gasteiger charge is 2.35. The van der Waals surface area contributed by atoms with Crippen LogP contribution >= 0.6 is 0 Å². The van der Waals surface area contributed by atoms with E-state index in [4.69, 9.17) is 0 Å². The zero-order chi connectivity index (χ0) is 13.9. The fourth-order valence-electron chi connectivity index (χ4n) is 2.48. The Morgan fingerprint density at radius 1 is 1.37 bits per heavy atom. The molecule has 0 spiro atoms. The molecule has 0 bridgehead atoms. The van der Waals surface area contributed by atoms with Gasteiger partial charge in [-0.15, -0.1) is 0 Å². The van der Waals surface area contributed by atoms with Crippen LogP contribution < -0.4 is 10.6 Å². The van der Waals surface area contributed by atoms with Crippen molar-refractivity contribution in [2.45, 2.75) is 32.7 Å². The zero-order valence-corrected chi connectivity index (χ0v) is 11.5. The van der Waals surface area contributed by atoms with Crippen LogP contribution in [-0.2, 0) is 4.79 Å². The average molecular weight is 264 g/mol. The summed E-state index contributed by atoms with van der Waals surface area (Å²) < 4.78 is 13.7. The molecule has 0 saturated carbocycles. The van der Waals surface area contributed by atoms with Crippen molar-refractivity contribution in [3.05, 3.63) is 35.6 Å². The van der Waals surface area contributed by atoms with Gasteiger partial charge >= 0.3 is 0 Å². The molecular weight excluding hydrogens is 243 g/mol. The Labute approximate surface area is 113 Å². The molecule has 1 amide bonds. The summed E-state index contributed by atoms with van der Waals surface area (Å²) >= 11 is 0. The third-order valence-corrected chi connectivity index (χ3v) is 3.97. The fourth-order valence-corrected chi connectivity index (χ4v) is 2.48. The van der Waals surface area contributed by atoms with E-state index >= 15 is 0 Å². The van der Waals surface area contributed by atoms with Crippen LogP contribution in [0.3, 0.4) is 0 Å². The molecule has 1 aromatic carbocycles. The molecule has 19 heavy (non-hydrogen) atoms. The largest absolute Gasteiger partial charge is 0.349 e. The van der Waals surface area contributed by atoms with Gasteiger partial charge < -0.3 is 10.6 Å². The lowest BCUT2D eigenvalue weighted by Gasteiger charge is -2.33. The Kier molecular flexibility index (Phi) is 4.20. The standard InChI is InChI=1S/C15H21FN2O/c1-11(12-5-3-4-6-13(12)16)18-14(19)15(2)7-9-17-10-8-15/h3-6,11,17H,7-10H2,1-2H3,(H,18,19)/t11-/m1/s1. The number of halogens is 1. The number of rotatable bonds is 3. The molecule has 0 unspecified atom stereocenters. The van der Waals surface area contributed by atoms with Gasteiger partial charge in [0.05, 0.1) is 6.04 Å². The number of carbonyl (C=O) groups is 1. The van der Waals surface area contributed by atoms with Crippen LogP contribution in [-0.4, -0.2) is 19.0 Å². The maximum Gasteiger partial charge on any atom is 0.226 e. The van der Waals surface area contributed by atoms with Crippen LogP contribution in [0.2, 0.25) is 0 Å². The number of carbonyl (C=O) groups excluding carboxylic acids is 1. The zero-order valence-electron chi connectivity index (χ0n) is 11.5. The smallest absolute Gasteiger partial charge is 0.226 e. The first-order valence-electron chi connectivity index (χ1n) is 6.79. The van der Waals surface area contributed by atoms with Crippen LogP contribution in [0.25, 0.3) is 0 Å². The van der Waals surface area contributed by atoms with E-state index in [1.165, 1.54) is 6.07 Å². The molecule has 1 fully saturated rings. The summed E-state index contributed by atoms with van der Waals surface area (Å²) in [5.41, 5.74) is 0.193. The van der Waals surface area contributed by atoms with Gasteiger partial charge in [0.1, 0.15) is 5.82 Å². The topological polar surface area (TPSA) is 41.1 Å². The Hall–Kier alpha value is -1.42. The van der Waals surface area contributed by atoms with Crippen LogP contribution in [0.4, 0.5) is 4.39 Å².